The Kier molecular flexibility index (Phi) is 8.87. The SMILES string of the molecule is COCCOCO[C@H](CC(=O)O)Cc1cccc(C#Cc2ccsc2)c1. The maximum atomic E-state index is 11.1. The first-order valence-corrected chi connectivity index (χ1v) is 9.15. The normalized spacial score (nSPS) is 11.6. The van der Waals surface area contributed by atoms with E-state index in [0.29, 0.717) is 19.6 Å². The zero-order chi connectivity index (χ0) is 18.6. The second kappa shape index (κ2) is 11.4. The van der Waals surface area contributed by atoms with Gasteiger partial charge in [-0.15, -0.1) is 0 Å². The molecular weight excluding hydrogens is 352 g/mol. The average molecular weight is 374 g/mol. The number of carboxylic acids is 1. The highest BCUT2D eigenvalue weighted by molar-refractivity contribution is 7.08. The standard InChI is InChI=1S/C20H22O5S/c1-23-8-9-24-15-25-19(13-20(21)22)12-18-4-2-3-16(11-18)5-6-17-7-10-26-14-17/h2-4,7,10-11,14,19H,8-9,12-13,15H2,1H3,(H,21,22)/t19-/m0/s1. The van der Waals surface area contributed by atoms with Gasteiger partial charge in [0.25, 0.3) is 0 Å². The maximum absolute atomic E-state index is 11.1. The van der Waals surface area contributed by atoms with E-state index in [1.165, 1.54) is 0 Å². The molecule has 1 N–H and O–H groups in total. The van der Waals surface area contributed by atoms with E-state index in [2.05, 4.69) is 11.8 Å². The predicted molar refractivity (Wildman–Crippen MR) is 100 cm³/mol. The van der Waals surface area contributed by atoms with Crippen LogP contribution in [0, 0.1) is 11.8 Å². The molecule has 1 atom stereocenters. The topological polar surface area (TPSA) is 65.0 Å². The maximum Gasteiger partial charge on any atom is 0.305 e. The molecule has 0 unspecified atom stereocenters. The van der Waals surface area contributed by atoms with Gasteiger partial charge in [0.1, 0.15) is 6.79 Å². The van der Waals surface area contributed by atoms with Crippen LogP contribution in [-0.2, 0) is 25.4 Å². The smallest absolute Gasteiger partial charge is 0.305 e. The Bertz CT molecular complexity index is 730. The van der Waals surface area contributed by atoms with Crippen molar-refractivity contribution in [3.05, 3.63) is 57.8 Å². The van der Waals surface area contributed by atoms with Crippen molar-refractivity contribution in [2.75, 3.05) is 27.1 Å². The van der Waals surface area contributed by atoms with Crippen LogP contribution in [-0.4, -0.2) is 44.3 Å². The van der Waals surface area contributed by atoms with E-state index in [9.17, 15) is 4.79 Å². The minimum atomic E-state index is -0.903. The third-order valence-electron chi connectivity index (χ3n) is 3.48. The lowest BCUT2D eigenvalue weighted by molar-refractivity contribution is -0.144. The van der Waals surface area contributed by atoms with Crippen molar-refractivity contribution < 1.29 is 24.1 Å². The number of rotatable bonds is 10. The van der Waals surface area contributed by atoms with Crippen LogP contribution in [0.1, 0.15) is 23.1 Å². The molecule has 0 spiro atoms. The summed E-state index contributed by atoms with van der Waals surface area (Å²) in [7, 11) is 1.59. The Morgan fingerprint density at radius 2 is 2.08 bits per heavy atom. The molecule has 0 amide bonds. The lowest BCUT2D eigenvalue weighted by atomic mass is 10.0. The fourth-order valence-corrected chi connectivity index (χ4v) is 2.84. The molecule has 1 heterocycles. The molecular formula is C20H22O5S. The molecule has 0 fully saturated rings. The fourth-order valence-electron chi connectivity index (χ4n) is 2.25. The highest BCUT2D eigenvalue weighted by Crippen LogP contribution is 2.12. The quantitative estimate of drug-likeness (QED) is 0.393. The summed E-state index contributed by atoms with van der Waals surface area (Å²) in [6, 6.07) is 9.73. The van der Waals surface area contributed by atoms with Gasteiger partial charge in [-0.2, -0.15) is 11.3 Å². The summed E-state index contributed by atoms with van der Waals surface area (Å²) < 4.78 is 15.7. The van der Waals surface area contributed by atoms with Gasteiger partial charge in [-0.05, 0) is 35.6 Å². The number of aliphatic carboxylic acids is 1. The van der Waals surface area contributed by atoms with Gasteiger partial charge in [-0.25, -0.2) is 0 Å². The molecule has 138 valence electrons. The molecule has 26 heavy (non-hydrogen) atoms. The molecule has 1 aromatic heterocycles. The third-order valence-corrected chi connectivity index (χ3v) is 4.17. The second-order valence-electron chi connectivity index (χ2n) is 5.57. The van der Waals surface area contributed by atoms with E-state index >= 15 is 0 Å². The van der Waals surface area contributed by atoms with Gasteiger partial charge in [0, 0.05) is 23.6 Å². The fraction of sp³-hybridized carbons (Fsp3) is 0.350. The first kappa shape index (κ1) is 20.1. The molecule has 1 aromatic carbocycles. The summed E-state index contributed by atoms with van der Waals surface area (Å²) in [5.41, 5.74) is 2.85. The van der Waals surface area contributed by atoms with Crippen molar-refractivity contribution in [3.8, 4) is 11.8 Å². The summed E-state index contributed by atoms with van der Waals surface area (Å²) in [6.45, 7) is 0.917. The van der Waals surface area contributed by atoms with Crippen molar-refractivity contribution >= 4 is 17.3 Å². The van der Waals surface area contributed by atoms with Gasteiger partial charge in [0.05, 0.1) is 25.7 Å². The summed E-state index contributed by atoms with van der Waals surface area (Å²) >= 11 is 1.61. The number of ether oxygens (including phenoxy) is 3. The van der Waals surface area contributed by atoms with Gasteiger partial charge in [-0.3, -0.25) is 4.79 Å². The van der Waals surface area contributed by atoms with Crippen LogP contribution >= 0.6 is 11.3 Å². The summed E-state index contributed by atoms with van der Waals surface area (Å²) in [4.78, 5) is 11.1. The summed E-state index contributed by atoms with van der Waals surface area (Å²) in [6.07, 6.45) is -0.0676. The molecule has 5 nitrogen and oxygen atoms in total. The van der Waals surface area contributed by atoms with Crippen molar-refractivity contribution in [3.63, 3.8) is 0 Å². The molecule has 0 saturated carbocycles. The zero-order valence-corrected chi connectivity index (χ0v) is 15.5. The van der Waals surface area contributed by atoms with Gasteiger partial charge in [0.2, 0.25) is 0 Å². The lowest BCUT2D eigenvalue weighted by Gasteiger charge is -2.16. The van der Waals surface area contributed by atoms with Crippen LogP contribution in [0.25, 0.3) is 0 Å². The Hall–Kier alpha value is -2.17. The van der Waals surface area contributed by atoms with Crippen LogP contribution in [0.3, 0.4) is 0 Å². The van der Waals surface area contributed by atoms with E-state index in [1.807, 2.05) is 41.1 Å². The van der Waals surface area contributed by atoms with E-state index in [1.54, 1.807) is 18.4 Å². The van der Waals surface area contributed by atoms with E-state index in [-0.39, 0.29) is 13.2 Å². The van der Waals surface area contributed by atoms with Crippen molar-refractivity contribution in [1.82, 2.24) is 0 Å². The Morgan fingerprint density at radius 1 is 1.23 bits per heavy atom. The number of hydrogen-bond acceptors (Lipinski definition) is 5. The number of benzene rings is 1. The zero-order valence-electron chi connectivity index (χ0n) is 14.6. The van der Waals surface area contributed by atoms with Crippen LogP contribution in [0.2, 0.25) is 0 Å². The van der Waals surface area contributed by atoms with Crippen LogP contribution in [0.15, 0.2) is 41.1 Å². The second-order valence-corrected chi connectivity index (χ2v) is 6.35. The van der Waals surface area contributed by atoms with Crippen molar-refractivity contribution in [2.24, 2.45) is 0 Å². The van der Waals surface area contributed by atoms with E-state index in [4.69, 9.17) is 19.3 Å². The summed E-state index contributed by atoms with van der Waals surface area (Å²) in [5, 5.41) is 13.1. The third kappa shape index (κ3) is 7.81. The number of thiophene rings is 1. The average Bonchev–Trinajstić information content (AvgIpc) is 3.13. The summed E-state index contributed by atoms with van der Waals surface area (Å²) in [5.74, 6) is 5.34. The van der Waals surface area contributed by atoms with Crippen molar-refractivity contribution in [1.29, 1.82) is 0 Å². The Balaban J connectivity index is 1.95. The molecule has 0 aliphatic heterocycles. The van der Waals surface area contributed by atoms with Gasteiger partial charge in [-0.1, -0.05) is 24.0 Å². The molecule has 0 radical (unpaired) electrons. The van der Waals surface area contributed by atoms with Crippen LogP contribution in [0.4, 0.5) is 0 Å². The van der Waals surface area contributed by atoms with Crippen LogP contribution < -0.4 is 0 Å². The minimum absolute atomic E-state index is 0.0406. The number of carboxylic acid groups (broad SMARTS) is 1. The molecule has 0 bridgehead atoms. The highest BCUT2D eigenvalue weighted by Gasteiger charge is 2.15. The molecule has 0 aliphatic carbocycles. The van der Waals surface area contributed by atoms with Gasteiger partial charge in [0.15, 0.2) is 0 Å². The first-order chi connectivity index (χ1) is 12.7. The van der Waals surface area contributed by atoms with Crippen molar-refractivity contribution in [2.45, 2.75) is 18.9 Å². The lowest BCUT2D eigenvalue weighted by Crippen LogP contribution is -2.22. The largest absolute Gasteiger partial charge is 0.481 e. The van der Waals surface area contributed by atoms with Gasteiger partial charge < -0.3 is 19.3 Å². The molecule has 2 rings (SSSR count). The number of methoxy groups -OCH3 is 1. The molecule has 0 aliphatic rings. The van der Waals surface area contributed by atoms with E-state index in [0.717, 1.165) is 16.7 Å². The Morgan fingerprint density at radius 3 is 2.81 bits per heavy atom. The number of hydrogen-bond donors (Lipinski definition) is 1. The molecule has 2 aromatic rings. The predicted octanol–water partition coefficient (Wildman–Crippen LogP) is 3.17. The minimum Gasteiger partial charge on any atom is -0.481 e. The number of carbonyl (C=O) groups is 1. The molecule has 0 saturated heterocycles. The monoisotopic (exact) mass is 374 g/mol. The van der Waals surface area contributed by atoms with Crippen LogP contribution in [0.5, 0.6) is 0 Å². The Labute approximate surface area is 157 Å². The first-order valence-electron chi connectivity index (χ1n) is 8.20. The molecule has 6 heteroatoms. The van der Waals surface area contributed by atoms with Gasteiger partial charge >= 0.3 is 5.97 Å². The van der Waals surface area contributed by atoms with E-state index < -0.39 is 12.1 Å². The highest BCUT2D eigenvalue weighted by atomic mass is 32.1.